The van der Waals surface area contributed by atoms with Crippen LogP contribution in [0.4, 0.5) is 5.69 Å². The molecule has 2 heterocycles. The second kappa shape index (κ2) is 7.58. The second-order valence-electron chi connectivity index (χ2n) is 6.06. The van der Waals surface area contributed by atoms with E-state index in [-0.39, 0.29) is 15.5 Å². The van der Waals surface area contributed by atoms with Crippen molar-refractivity contribution < 1.29 is 21.6 Å². The predicted octanol–water partition coefficient (Wildman–Crippen LogP) is 1.03. The standard InChI is InChI=1S/C16H22N4O5S2/c1-3-20-13(2)16(12-17-20)26(21,22)18-14-4-6-15(7-5-14)27(23,24)19-8-10-25-11-9-19/h4-7,12,18H,3,8-11H2,1-2H3. The fourth-order valence-corrected chi connectivity index (χ4v) is 5.50. The van der Waals surface area contributed by atoms with Crippen LogP contribution in [0.5, 0.6) is 0 Å². The van der Waals surface area contributed by atoms with Gasteiger partial charge in [0.15, 0.2) is 0 Å². The molecule has 1 fully saturated rings. The minimum absolute atomic E-state index is 0.0920. The molecule has 2 aromatic rings. The van der Waals surface area contributed by atoms with Gasteiger partial charge in [-0.3, -0.25) is 9.40 Å². The van der Waals surface area contributed by atoms with Crippen molar-refractivity contribution in [3.8, 4) is 0 Å². The van der Waals surface area contributed by atoms with Gasteiger partial charge in [-0.2, -0.15) is 9.40 Å². The van der Waals surface area contributed by atoms with Crippen molar-refractivity contribution in [3.63, 3.8) is 0 Å². The van der Waals surface area contributed by atoms with E-state index in [9.17, 15) is 16.8 Å². The van der Waals surface area contributed by atoms with Gasteiger partial charge in [0.05, 0.1) is 30.0 Å². The van der Waals surface area contributed by atoms with Gasteiger partial charge in [0.1, 0.15) is 4.90 Å². The average Bonchev–Trinajstić information content (AvgIpc) is 3.04. The minimum Gasteiger partial charge on any atom is -0.379 e. The quantitative estimate of drug-likeness (QED) is 0.756. The summed E-state index contributed by atoms with van der Waals surface area (Å²) in [6.07, 6.45) is 1.30. The zero-order valence-corrected chi connectivity index (χ0v) is 16.8. The molecule has 148 valence electrons. The Morgan fingerprint density at radius 3 is 2.30 bits per heavy atom. The maximum Gasteiger partial charge on any atom is 0.265 e. The van der Waals surface area contributed by atoms with E-state index in [1.807, 2.05) is 6.92 Å². The molecular weight excluding hydrogens is 392 g/mol. The van der Waals surface area contributed by atoms with E-state index >= 15 is 0 Å². The molecule has 1 aromatic carbocycles. The number of rotatable bonds is 6. The summed E-state index contributed by atoms with van der Waals surface area (Å²) in [5.74, 6) is 0. The highest BCUT2D eigenvalue weighted by atomic mass is 32.2. The molecule has 11 heteroatoms. The number of sulfonamides is 2. The number of benzene rings is 1. The van der Waals surface area contributed by atoms with Gasteiger partial charge in [-0.1, -0.05) is 0 Å². The van der Waals surface area contributed by atoms with Crippen molar-refractivity contribution in [2.24, 2.45) is 0 Å². The first-order chi connectivity index (χ1) is 12.8. The third-order valence-electron chi connectivity index (χ3n) is 4.36. The Hall–Kier alpha value is -1.95. The highest BCUT2D eigenvalue weighted by Crippen LogP contribution is 2.22. The highest BCUT2D eigenvalue weighted by Gasteiger charge is 2.26. The van der Waals surface area contributed by atoms with Crippen LogP contribution >= 0.6 is 0 Å². The number of morpholine rings is 1. The Balaban J connectivity index is 1.80. The normalized spacial score (nSPS) is 16.4. The molecule has 27 heavy (non-hydrogen) atoms. The monoisotopic (exact) mass is 414 g/mol. The number of aromatic nitrogens is 2. The van der Waals surface area contributed by atoms with E-state index in [2.05, 4.69) is 9.82 Å². The third kappa shape index (κ3) is 4.00. The molecule has 3 rings (SSSR count). The topological polar surface area (TPSA) is 111 Å². The fourth-order valence-electron chi connectivity index (χ4n) is 2.85. The summed E-state index contributed by atoms with van der Waals surface area (Å²) in [5, 5.41) is 4.04. The van der Waals surface area contributed by atoms with Crippen LogP contribution in [0.15, 0.2) is 40.3 Å². The zero-order valence-electron chi connectivity index (χ0n) is 15.1. The largest absolute Gasteiger partial charge is 0.379 e. The van der Waals surface area contributed by atoms with Gasteiger partial charge in [-0.15, -0.1) is 0 Å². The number of aryl methyl sites for hydroxylation is 1. The molecule has 9 nitrogen and oxygen atoms in total. The predicted molar refractivity (Wildman–Crippen MR) is 99.5 cm³/mol. The lowest BCUT2D eigenvalue weighted by atomic mass is 10.3. The molecule has 1 aliphatic rings. The summed E-state index contributed by atoms with van der Waals surface area (Å²) >= 11 is 0. The fraction of sp³-hybridized carbons (Fsp3) is 0.438. The maximum atomic E-state index is 12.6. The van der Waals surface area contributed by atoms with Gasteiger partial charge in [0.2, 0.25) is 10.0 Å². The van der Waals surface area contributed by atoms with Crippen molar-refractivity contribution in [2.45, 2.75) is 30.2 Å². The van der Waals surface area contributed by atoms with E-state index in [4.69, 9.17) is 4.74 Å². The van der Waals surface area contributed by atoms with Crippen molar-refractivity contribution in [1.29, 1.82) is 0 Å². The molecule has 1 saturated heterocycles. The molecule has 1 N–H and O–H groups in total. The summed E-state index contributed by atoms with van der Waals surface area (Å²) in [6.45, 7) is 5.45. The van der Waals surface area contributed by atoms with Crippen molar-refractivity contribution in [2.75, 3.05) is 31.0 Å². The van der Waals surface area contributed by atoms with Crippen molar-refractivity contribution in [1.82, 2.24) is 14.1 Å². The SMILES string of the molecule is CCn1ncc(S(=O)(=O)Nc2ccc(S(=O)(=O)N3CCOCC3)cc2)c1C. The Kier molecular flexibility index (Phi) is 5.56. The average molecular weight is 415 g/mol. The lowest BCUT2D eigenvalue weighted by Crippen LogP contribution is -2.40. The number of nitrogens with one attached hydrogen (secondary N) is 1. The molecule has 0 saturated carbocycles. The molecule has 0 amide bonds. The van der Waals surface area contributed by atoms with Crippen LogP contribution in [0.2, 0.25) is 0 Å². The molecule has 0 atom stereocenters. The van der Waals surface area contributed by atoms with E-state index in [0.717, 1.165) is 0 Å². The molecule has 0 unspecified atom stereocenters. The van der Waals surface area contributed by atoms with Crippen molar-refractivity contribution in [3.05, 3.63) is 36.2 Å². The summed E-state index contributed by atoms with van der Waals surface area (Å²) in [6, 6.07) is 5.66. The molecule has 0 bridgehead atoms. The van der Waals surface area contributed by atoms with Crippen molar-refractivity contribution >= 4 is 25.7 Å². The summed E-state index contributed by atoms with van der Waals surface area (Å²) in [5.41, 5.74) is 0.816. The van der Waals surface area contributed by atoms with Crippen LogP contribution < -0.4 is 4.72 Å². The van der Waals surface area contributed by atoms with Crippen LogP contribution in [0.3, 0.4) is 0 Å². The second-order valence-corrected chi connectivity index (χ2v) is 9.65. The third-order valence-corrected chi connectivity index (χ3v) is 7.76. The number of anilines is 1. The lowest BCUT2D eigenvalue weighted by Gasteiger charge is -2.26. The van der Waals surface area contributed by atoms with Crippen LogP contribution in [-0.2, 0) is 31.3 Å². The van der Waals surface area contributed by atoms with Crippen LogP contribution in [0.1, 0.15) is 12.6 Å². The van der Waals surface area contributed by atoms with Crippen LogP contribution in [-0.4, -0.2) is 57.2 Å². The summed E-state index contributed by atoms with van der Waals surface area (Å²) in [4.78, 5) is 0.205. The van der Waals surface area contributed by atoms with Crippen LogP contribution in [0, 0.1) is 6.92 Å². The first-order valence-electron chi connectivity index (χ1n) is 8.49. The Labute approximate surface area is 159 Å². The molecular formula is C16H22N4O5S2. The smallest absolute Gasteiger partial charge is 0.265 e. The molecule has 0 spiro atoms. The molecule has 0 radical (unpaired) electrons. The van der Waals surface area contributed by atoms with E-state index in [0.29, 0.717) is 38.5 Å². The van der Waals surface area contributed by atoms with E-state index in [1.165, 1.54) is 34.8 Å². The molecule has 0 aliphatic carbocycles. The zero-order chi connectivity index (χ0) is 19.7. The molecule has 1 aromatic heterocycles. The number of ether oxygens (including phenoxy) is 1. The summed E-state index contributed by atoms with van der Waals surface area (Å²) < 4.78 is 61.0. The lowest BCUT2D eigenvalue weighted by molar-refractivity contribution is 0.0730. The van der Waals surface area contributed by atoms with Gasteiger partial charge in [-0.25, -0.2) is 16.8 Å². The Morgan fingerprint density at radius 2 is 1.74 bits per heavy atom. The minimum atomic E-state index is -3.81. The van der Waals surface area contributed by atoms with Gasteiger partial charge < -0.3 is 4.74 Å². The first kappa shape index (κ1) is 19.8. The highest BCUT2D eigenvalue weighted by molar-refractivity contribution is 7.92. The van der Waals surface area contributed by atoms with E-state index in [1.54, 1.807) is 11.6 Å². The van der Waals surface area contributed by atoms with Gasteiger partial charge in [0.25, 0.3) is 10.0 Å². The first-order valence-corrected chi connectivity index (χ1v) is 11.4. The maximum absolute atomic E-state index is 12.6. The van der Waals surface area contributed by atoms with Gasteiger partial charge in [-0.05, 0) is 38.1 Å². The Bertz CT molecular complexity index is 1010. The summed E-state index contributed by atoms with van der Waals surface area (Å²) in [7, 11) is -7.43. The number of hydrogen-bond donors (Lipinski definition) is 1. The van der Waals surface area contributed by atoms with Gasteiger partial charge >= 0.3 is 0 Å². The van der Waals surface area contributed by atoms with Crippen LogP contribution in [0.25, 0.3) is 0 Å². The Morgan fingerprint density at radius 1 is 1.11 bits per heavy atom. The van der Waals surface area contributed by atoms with Gasteiger partial charge in [0, 0.05) is 25.3 Å². The van der Waals surface area contributed by atoms with E-state index < -0.39 is 20.0 Å². The number of nitrogens with zero attached hydrogens (tertiary/aromatic N) is 3. The molecule has 1 aliphatic heterocycles. The number of hydrogen-bond acceptors (Lipinski definition) is 6.